The smallest absolute Gasteiger partial charge is 0.338 e. The molecule has 0 heterocycles. The second-order valence-corrected chi connectivity index (χ2v) is 4.18. The Morgan fingerprint density at radius 1 is 1.24 bits per heavy atom. The van der Waals surface area contributed by atoms with Gasteiger partial charge in [0.15, 0.2) is 6.61 Å². The van der Waals surface area contributed by atoms with Crippen molar-refractivity contribution in [2.45, 2.75) is 6.92 Å². The Kier molecular flexibility index (Phi) is 6.90. The van der Waals surface area contributed by atoms with Crippen LogP contribution in [0.1, 0.15) is 17.3 Å². The first-order valence-electron chi connectivity index (χ1n) is 6.33. The molecule has 7 heteroatoms. The van der Waals surface area contributed by atoms with Crippen LogP contribution >= 0.6 is 0 Å². The number of rotatable bonds is 7. The number of esters is 1. The Hall–Kier alpha value is -2.41. The van der Waals surface area contributed by atoms with Crippen LogP contribution in [0.15, 0.2) is 24.3 Å². The molecule has 0 saturated heterocycles. The van der Waals surface area contributed by atoms with Gasteiger partial charge in [-0.25, -0.2) is 4.79 Å². The van der Waals surface area contributed by atoms with Crippen LogP contribution in [-0.2, 0) is 19.1 Å². The number of hydrogen-bond donors (Lipinski definition) is 2. The molecule has 0 aliphatic heterocycles. The molecule has 0 atom stereocenters. The van der Waals surface area contributed by atoms with Crippen molar-refractivity contribution < 1.29 is 23.9 Å². The van der Waals surface area contributed by atoms with Gasteiger partial charge in [-0.05, 0) is 18.2 Å². The lowest BCUT2D eigenvalue weighted by Gasteiger charge is -2.07. The Bertz CT molecular complexity index is 516. The Morgan fingerprint density at radius 2 is 2.00 bits per heavy atom. The standard InChI is InChI=1S/C14H18N2O5/c1-10(17)16-12-5-3-4-11(8-12)14(19)21-9-13(18)15-6-7-20-2/h3-5,8H,6-7,9H2,1-2H3,(H,15,18)(H,16,17). The molecule has 0 aliphatic carbocycles. The summed E-state index contributed by atoms with van der Waals surface area (Å²) in [6.45, 7) is 1.74. The summed E-state index contributed by atoms with van der Waals surface area (Å²) >= 11 is 0. The van der Waals surface area contributed by atoms with E-state index in [1.54, 1.807) is 12.1 Å². The zero-order valence-corrected chi connectivity index (χ0v) is 12.0. The van der Waals surface area contributed by atoms with E-state index in [9.17, 15) is 14.4 Å². The predicted molar refractivity (Wildman–Crippen MR) is 75.9 cm³/mol. The number of methoxy groups -OCH3 is 1. The Morgan fingerprint density at radius 3 is 2.67 bits per heavy atom. The van der Waals surface area contributed by atoms with Crippen molar-refractivity contribution >= 4 is 23.5 Å². The molecule has 2 N–H and O–H groups in total. The van der Waals surface area contributed by atoms with Crippen LogP contribution < -0.4 is 10.6 Å². The first-order valence-corrected chi connectivity index (χ1v) is 6.33. The SMILES string of the molecule is COCCNC(=O)COC(=O)c1cccc(NC(C)=O)c1. The molecule has 0 aliphatic rings. The molecule has 7 nitrogen and oxygen atoms in total. The topological polar surface area (TPSA) is 93.7 Å². The van der Waals surface area contributed by atoms with Gasteiger partial charge in [-0.15, -0.1) is 0 Å². The molecule has 0 fully saturated rings. The zero-order valence-electron chi connectivity index (χ0n) is 12.0. The summed E-state index contributed by atoms with van der Waals surface area (Å²) in [7, 11) is 1.52. The summed E-state index contributed by atoms with van der Waals surface area (Å²) in [6.07, 6.45) is 0. The number of carbonyl (C=O) groups excluding carboxylic acids is 3. The summed E-state index contributed by atoms with van der Waals surface area (Å²) in [5, 5.41) is 5.09. The van der Waals surface area contributed by atoms with Gasteiger partial charge in [-0.2, -0.15) is 0 Å². The molecule has 0 saturated carbocycles. The van der Waals surface area contributed by atoms with Crippen molar-refractivity contribution in [3.63, 3.8) is 0 Å². The monoisotopic (exact) mass is 294 g/mol. The van der Waals surface area contributed by atoms with E-state index in [0.717, 1.165) is 0 Å². The fourth-order valence-electron chi connectivity index (χ4n) is 1.49. The van der Waals surface area contributed by atoms with E-state index in [1.807, 2.05) is 0 Å². The van der Waals surface area contributed by atoms with Crippen LogP contribution in [0.5, 0.6) is 0 Å². The fourth-order valence-corrected chi connectivity index (χ4v) is 1.49. The van der Waals surface area contributed by atoms with Gasteiger partial charge in [0.1, 0.15) is 0 Å². The number of benzene rings is 1. The van der Waals surface area contributed by atoms with Gasteiger partial charge in [-0.3, -0.25) is 9.59 Å². The average molecular weight is 294 g/mol. The molecule has 114 valence electrons. The van der Waals surface area contributed by atoms with Crippen molar-refractivity contribution in [2.75, 3.05) is 32.2 Å². The van der Waals surface area contributed by atoms with Crippen molar-refractivity contribution in [3.05, 3.63) is 29.8 Å². The maximum Gasteiger partial charge on any atom is 0.338 e. The molecular formula is C14H18N2O5. The molecule has 0 radical (unpaired) electrons. The van der Waals surface area contributed by atoms with Crippen LogP contribution in [-0.4, -0.2) is 44.7 Å². The van der Waals surface area contributed by atoms with Crippen LogP contribution in [0.3, 0.4) is 0 Å². The molecule has 21 heavy (non-hydrogen) atoms. The largest absolute Gasteiger partial charge is 0.452 e. The third kappa shape index (κ3) is 6.53. The number of anilines is 1. The molecule has 0 aromatic heterocycles. The minimum Gasteiger partial charge on any atom is -0.452 e. The number of amides is 2. The van der Waals surface area contributed by atoms with Gasteiger partial charge in [0.25, 0.3) is 5.91 Å². The molecule has 1 aromatic rings. The highest BCUT2D eigenvalue weighted by molar-refractivity contribution is 5.94. The summed E-state index contributed by atoms with van der Waals surface area (Å²) < 4.78 is 9.65. The lowest BCUT2D eigenvalue weighted by Crippen LogP contribution is -2.31. The fraction of sp³-hybridized carbons (Fsp3) is 0.357. The second-order valence-electron chi connectivity index (χ2n) is 4.18. The minimum absolute atomic E-state index is 0.238. The van der Waals surface area contributed by atoms with Gasteiger partial charge in [0, 0.05) is 26.3 Å². The summed E-state index contributed by atoms with van der Waals surface area (Å²) in [5.74, 6) is -1.28. The average Bonchev–Trinajstić information content (AvgIpc) is 2.44. The van der Waals surface area contributed by atoms with E-state index in [0.29, 0.717) is 18.8 Å². The summed E-state index contributed by atoms with van der Waals surface area (Å²) in [4.78, 5) is 34.1. The maximum absolute atomic E-state index is 11.8. The second kappa shape index (κ2) is 8.70. The maximum atomic E-state index is 11.8. The number of ether oxygens (including phenoxy) is 2. The van der Waals surface area contributed by atoms with Gasteiger partial charge in [0.05, 0.1) is 12.2 Å². The third-order valence-corrected chi connectivity index (χ3v) is 2.38. The normalized spacial score (nSPS) is 9.81. The van der Waals surface area contributed by atoms with Crippen molar-refractivity contribution in [3.8, 4) is 0 Å². The number of carbonyl (C=O) groups is 3. The van der Waals surface area contributed by atoms with Crippen LogP contribution in [0.2, 0.25) is 0 Å². The molecule has 0 bridgehead atoms. The van der Waals surface area contributed by atoms with Crippen molar-refractivity contribution in [2.24, 2.45) is 0 Å². The van der Waals surface area contributed by atoms with Crippen LogP contribution in [0, 0.1) is 0 Å². The quantitative estimate of drug-likeness (QED) is 0.566. The Labute approximate surface area is 122 Å². The van der Waals surface area contributed by atoms with E-state index in [2.05, 4.69) is 10.6 Å². The molecule has 0 spiro atoms. The molecule has 0 unspecified atom stereocenters. The predicted octanol–water partition coefficient (Wildman–Crippen LogP) is 0.564. The van der Waals surface area contributed by atoms with E-state index in [1.165, 1.54) is 26.2 Å². The Balaban J connectivity index is 2.48. The summed E-state index contributed by atoms with van der Waals surface area (Å²) in [6, 6.07) is 6.28. The summed E-state index contributed by atoms with van der Waals surface area (Å²) in [5.41, 5.74) is 0.743. The van der Waals surface area contributed by atoms with Gasteiger partial charge in [-0.1, -0.05) is 6.07 Å². The highest BCUT2D eigenvalue weighted by atomic mass is 16.5. The van der Waals surface area contributed by atoms with Crippen molar-refractivity contribution in [1.82, 2.24) is 5.32 Å². The number of hydrogen-bond acceptors (Lipinski definition) is 5. The van der Waals surface area contributed by atoms with Crippen LogP contribution in [0.4, 0.5) is 5.69 Å². The molecular weight excluding hydrogens is 276 g/mol. The molecule has 2 amide bonds. The first-order chi connectivity index (χ1) is 10.0. The van der Waals surface area contributed by atoms with Crippen LogP contribution in [0.25, 0.3) is 0 Å². The lowest BCUT2D eigenvalue weighted by molar-refractivity contribution is -0.124. The minimum atomic E-state index is -0.635. The van der Waals surface area contributed by atoms with E-state index < -0.39 is 11.9 Å². The number of nitrogens with one attached hydrogen (secondary N) is 2. The molecule has 1 rings (SSSR count). The van der Waals surface area contributed by atoms with E-state index in [-0.39, 0.29) is 18.1 Å². The van der Waals surface area contributed by atoms with E-state index in [4.69, 9.17) is 9.47 Å². The highest BCUT2D eigenvalue weighted by Gasteiger charge is 2.10. The van der Waals surface area contributed by atoms with E-state index >= 15 is 0 Å². The first kappa shape index (κ1) is 16.6. The van der Waals surface area contributed by atoms with Gasteiger partial charge < -0.3 is 20.1 Å². The van der Waals surface area contributed by atoms with Crippen molar-refractivity contribution in [1.29, 1.82) is 0 Å². The van der Waals surface area contributed by atoms with Gasteiger partial charge >= 0.3 is 5.97 Å². The zero-order chi connectivity index (χ0) is 15.7. The lowest BCUT2D eigenvalue weighted by atomic mass is 10.2. The highest BCUT2D eigenvalue weighted by Crippen LogP contribution is 2.11. The molecule has 1 aromatic carbocycles. The third-order valence-electron chi connectivity index (χ3n) is 2.38. The van der Waals surface area contributed by atoms with Gasteiger partial charge in [0.2, 0.25) is 5.91 Å².